The van der Waals surface area contributed by atoms with Gasteiger partial charge in [0, 0.05) is 36.2 Å². The largest absolute Gasteiger partial charge is 0.481 e. The van der Waals surface area contributed by atoms with Crippen LogP contribution in [0.4, 0.5) is 0 Å². The standard InChI is InChI=1S/C44H49N3O2S/c1-29(2)33-13-9-32(10-14-33)24-44(25-35(27-46-44)30(3)4)37-19-15-34(16-20-37)39-28-50-40(47-39)26-43(21-8-22-45-43)38(41(48)49)23-31-11-17-36(18-12-31)42(5,6)7/h8-22,25,27-30,38H,23-24,26H2,1-7H3,(H,48,49). The van der Waals surface area contributed by atoms with Crippen molar-refractivity contribution in [3.8, 4) is 11.3 Å². The molecule has 0 bridgehead atoms. The quantitative estimate of drug-likeness (QED) is 0.162. The first-order valence-corrected chi connectivity index (χ1v) is 18.6. The van der Waals surface area contributed by atoms with Crippen molar-refractivity contribution in [3.05, 3.63) is 135 Å². The predicted octanol–water partition coefficient (Wildman–Crippen LogP) is 10.2. The Morgan fingerprint density at radius 3 is 2.08 bits per heavy atom. The normalized spacial score (nSPS) is 20.6. The minimum atomic E-state index is -0.895. The first kappa shape index (κ1) is 35.4. The highest BCUT2D eigenvalue weighted by atomic mass is 32.1. The highest BCUT2D eigenvalue weighted by Gasteiger charge is 2.43. The van der Waals surface area contributed by atoms with Gasteiger partial charge in [-0.15, -0.1) is 11.3 Å². The van der Waals surface area contributed by atoms with E-state index in [2.05, 4.69) is 139 Å². The molecular formula is C44H49N3O2S. The Labute approximate surface area is 301 Å². The van der Waals surface area contributed by atoms with Crippen LogP contribution in [0, 0.1) is 11.8 Å². The molecule has 4 aromatic rings. The Kier molecular flexibility index (Phi) is 9.96. The van der Waals surface area contributed by atoms with E-state index in [1.807, 2.05) is 12.2 Å². The molecule has 0 amide bonds. The zero-order chi connectivity index (χ0) is 35.7. The Balaban J connectivity index is 1.23. The average Bonchev–Trinajstić information content (AvgIpc) is 3.85. The molecule has 3 unspecified atom stereocenters. The number of carboxylic acids is 1. The Hall–Kier alpha value is -4.42. The van der Waals surface area contributed by atoms with Crippen LogP contribution < -0.4 is 0 Å². The molecule has 50 heavy (non-hydrogen) atoms. The predicted molar refractivity (Wildman–Crippen MR) is 209 cm³/mol. The smallest absolute Gasteiger partial charge is 0.309 e. The number of aliphatic imine (C=N–C) groups is 2. The fraction of sp³-hybridized carbons (Fsp3) is 0.364. The number of aromatic nitrogens is 1. The molecule has 0 aliphatic carbocycles. The molecule has 0 saturated heterocycles. The minimum absolute atomic E-state index is 0.0353. The fourth-order valence-electron chi connectivity index (χ4n) is 6.96. The van der Waals surface area contributed by atoms with E-state index in [1.54, 1.807) is 17.6 Å². The number of aliphatic carboxylic acids is 1. The summed E-state index contributed by atoms with van der Waals surface area (Å²) in [6.45, 7) is 15.4. The first-order valence-electron chi connectivity index (χ1n) is 17.7. The second kappa shape index (κ2) is 14.1. The summed E-state index contributed by atoms with van der Waals surface area (Å²) in [4.78, 5) is 27.7. The van der Waals surface area contributed by atoms with Crippen LogP contribution in [0.2, 0.25) is 0 Å². The van der Waals surface area contributed by atoms with Crippen molar-refractivity contribution in [1.82, 2.24) is 4.98 Å². The molecule has 5 nitrogen and oxygen atoms in total. The first-order chi connectivity index (χ1) is 23.8. The van der Waals surface area contributed by atoms with Gasteiger partial charge in [0.15, 0.2) is 0 Å². The summed E-state index contributed by atoms with van der Waals surface area (Å²) >= 11 is 1.56. The van der Waals surface area contributed by atoms with Gasteiger partial charge in [-0.2, -0.15) is 0 Å². The number of carbonyl (C=O) groups is 1. The highest BCUT2D eigenvalue weighted by molar-refractivity contribution is 7.10. The van der Waals surface area contributed by atoms with Gasteiger partial charge < -0.3 is 5.11 Å². The van der Waals surface area contributed by atoms with E-state index in [-0.39, 0.29) is 5.41 Å². The molecule has 3 atom stereocenters. The lowest BCUT2D eigenvalue weighted by atomic mass is 9.78. The zero-order valence-electron chi connectivity index (χ0n) is 30.4. The summed E-state index contributed by atoms with van der Waals surface area (Å²) in [5.74, 6) is -0.682. The molecule has 258 valence electrons. The molecule has 0 fully saturated rings. The summed E-state index contributed by atoms with van der Waals surface area (Å²) in [5.41, 5.74) is 7.83. The summed E-state index contributed by atoms with van der Waals surface area (Å²) in [6.07, 6.45) is 11.5. The zero-order valence-corrected chi connectivity index (χ0v) is 31.2. The van der Waals surface area contributed by atoms with Crippen LogP contribution >= 0.6 is 11.3 Å². The second-order valence-electron chi connectivity index (χ2n) is 15.6. The van der Waals surface area contributed by atoms with Gasteiger partial charge in [-0.25, -0.2) is 4.98 Å². The third-order valence-electron chi connectivity index (χ3n) is 10.2. The van der Waals surface area contributed by atoms with Crippen molar-refractivity contribution in [3.63, 3.8) is 0 Å². The lowest BCUT2D eigenvalue weighted by molar-refractivity contribution is -0.143. The van der Waals surface area contributed by atoms with Crippen LogP contribution in [0.3, 0.4) is 0 Å². The molecule has 1 N–H and O–H groups in total. The van der Waals surface area contributed by atoms with E-state index < -0.39 is 23.0 Å². The lowest BCUT2D eigenvalue weighted by Gasteiger charge is -2.30. The van der Waals surface area contributed by atoms with Crippen LogP contribution in [0.25, 0.3) is 11.3 Å². The van der Waals surface area contributed by atoms with Crippen LogP contribution in [-0.2, 0) is 35.0 Å². The maximum atomic E-state index is 12.8. The Bertz CT molecular complexity index is 1930. The number of benzene rings is 3. The van der Waals surface area contributed by atoms with Crippen LogP contribution in [0.15, 0.2) is 112 Å². The topological polar surface area (TPSA) is 74.9 Å². The molecule has 0 radical (unpaired) electrons. The van der Waals surface area contributed by atoms with Crippen molar-refractivity contribution < 1.29 is 9.90 Å². The molecule has 3 heterocycles. The van der Waals surface area contributed by atoms with Crippen molar-refractivity contribution in [2.45, 2.75) is 90.1 Å². The van der Waals surface area contributed by atoms with Gasteiger partial charge >= 0.3 is 5.97 Å². The summed E-state index contributed by atoms with van der Waals surface area (Å²) in [5, 5.41) is 13.4. The Morgan fingerprint density at radius 1 is 0.840 bits per heavy atom. The maximum Gasteiger partial charge on any atom is 0.309 e. The van der Waals surface area contributed by atoms with E-state index in [0.29, 0.717) is 24.7 Å². The van der Waals surface area contributed by atoms with E-state index in [1.165, 1.54) is 22.3 Å². The molecule has 6 rings (SSSR count). The van der Waals surface area contributed by atoms with Crippen molar-refractivity contribution >= 4 is 29.7 Å². The van der Waals surface area contributed by atoms with Crippen LogP contribution in [0.5, 0.6) is 0 Å². The van der Waals surface area contributed by atoms with E-state index in [0.717, 1.165) is 33.8 Å². The van der Waals surface area contributed by atoms with Gasteiger partial charge in [0.05, 0.1) is 22.2 Å². The molecule has 6 heteroatoms. The third kappa shape index (κ3) is 7.51. The number of hydrogen-bond donors (Lipinski definition) is 1. The number of rotatable bonds is 12. The highest BCUT2D eigenvalue weighted by Crippen LogP contribution is 2.40. The van der Waals surface area contributed by atoms with Gasteiger partial charge in [0.25, 0.3) is 0 Å². The van der Waals surface area contributed by atoms with E-state index in [9.17, 15) is 9.90 Å². The molecule has 1 aromatic heterocycles. The number of thiazole rings is 1. The summed E-state index contributed by atoms with van der Waals surface area (Å²) < 4.78 is 0. The number of carboxylic acid groups (broad SMARTS) is 1. The Morgan fingerprint density at radius 2 is 1.52 bits per heavy atom. The van der Waals surface area contributed by atoms with E-state index in [4.69, 9.17) is 15.0 Å². The molecule has 3 aromatic carbocycles. The van der Waals surface area contributed by atoms with Gasteiger partial charge in [0.2, 0.25) is 0 Å². The number of hydrogen-bond acceptors (Lipinski definition) is 5. The maximum absolute atomic E-state index is 12.8. The molecular weight excluding hydrogens is 635 g/mol. The third-order valence-corrected chi connectivity index (χ3v) is 11.1. The fourth-order valence-corrected chi connectivity index (χ4v) is 7.87. The second-order valence-corrected chi connectivity index (χ2v) is 16.5. The lowest BCUT2D eigenvalue weighted by Crippen LogP contribution is -2.41. The van der Waals surface area contributed by atoms with Crippen molar-refractivity contribution in [1.29, 1.82) is 0 Å². The molecule has 0 spiro atoms. The van der Waals surface area contributed by atoms with Gasteiger partial charge in [-0.1, -0.05) is 127 Å². The monoisotopic (exact) mass is 683 g/mol. The SMILES string of the molecule is CC(C)C1=CC(Cc2ccc(C(C)C)cc2)(c2ccc(-c3csc(CC4(C(Cc5ccc(C(C)(C)C)cc5)C(=O)O)C=CC=N4)n3)cc2)N=C1. The number of nitrogens with zero attached hydrogens (tertiary/aromatic N) is 3. The van der Waals surface area contributed by atoms with Crippen molar-refractivity contribution in [2.24, 2.45) is 21.8 Å². The van der Waals surface area contributed by atoms with Crippen molar-refractivity contribution in [2.75, 3.05) is 0 Å². The minimum Gasteiger partial charge on any atom is -0.481 e. The van der Waals surface area contributed by atoms with Gasteiger partial charge in [0.1, 0.15) is 5.54 Å². The molecule has 2 aliphatic heterocycles. The van der Waals surface area contributed by atoms with Gasteiger partial charge in [-0.3, -0.25) is 14.8 Å². The van der Waals surface area contributed by atoms with E-state index >= 15 is 0 Å². The summed E-state index contributed by atoms with van der Waals surface area (Å²) in [6, 6.07) is 25.9. The summed E-state index contributed by atoms with van der Waals surface area (Å²) in [7, 11) is 0. The van der Waals surface area contributed by atoms with Gasteiger partial charge in [-0.05, 0) is 69.2 Å². The molecule has 2 aliphatic rings. The van der Waals surface area contributed by atoms with Crippen LogP contribution in [0.1, 0.15) is 87.2 Å². The average molecular weight is 684 g/mol. The molecule has 0 saturated carbocycles. The van der Waals surface area contributed by atoms with Crippen LogP contribution in [-0.4, -0.2) is 34.0 Å². The number of allylic oxidation sites excluding steroid dienone is 2.